The third-order valence-corrected chi connectivity index (χ3v) is 3.23. The van der Waals surface area contributed by atoms with Crippen LogP contribution < -0.4 is 10.1 Å². The lowest BCUT2D eigenvalue weighted by atomic mass is 10.1. The minimum atomic E-state index is 0.271. The molecule has 0 aliphatic rings. The minimum Gasteiger partial charge on any atom is -0.496 e. The SMILES string of the molecule is COc1ccccc1C(C)NCCc1cnn(C)c1. The molecule has 0 bridgehead atoms. The zero-order chi connectivity index (χ0) is 13.7. The Kier molecular flexibility index (Phi) is 4.58. The van der Waals surface area contributed by atoms with Crippen LogP contribution in [0.2, 0.25) is 0 Å². The Hall–Kier alpha value is -1.81. The monoisotopic (exact) mass is 259 g/mol. The van der Waals surface area contributed by atoms with E-state index in [9.17, 15) is 0 Å². The fourth-order valence-electron chi connectivity index (χ4n) is 2.17. The lowest BCUT2D eigenvalue weighted by Gasteiger charge is -2.16. The average Bonchev–Trinajstić information content (AvgIpc) is 2.84. The second kappa shape index (κ2) is 6.38. The van der Waals surface area contributed by atoms with Gasteiger partial charge in [0, 0.05) is 24.8 Å². The van der Waals surface area contributed by atoms with Gasteiger partial charge in [-0.3, -0.25) is 4.68 Å². The molecule has 1 atom stereocenters. The van der Waals surface area contributed by atoms with E-state index in [0.29, 0.717) is 0 Å². The topological polar surface area (TPSA) is 39.1 Å². The highest BCUT2D eigenvalue weighted by Gasteiger charge is 2.09. The van der Waals surface area contributed by atoms with E-state index in [4.69, 9.17) is 4.74 Å². The van der Waals surface area contributed by atoms with Crippen molar-refractivity contribution in [2.45, 2.75) is 19.4 Å². The summed E-state index contributed by atoms with van der Waals surface area (Å²) in [6.07, 6.45) is 4.94. The minimum absolute atomic E-state index is 0.271. The molecule has 19 heavy (non-hydrogen) atoms. The van der Waals surface area contributed by atoms with Gasteiger partial charge in [-0.2, -0.15) is 5.10 Å². The second-order valence-corrected chi connectivity index (χ2v) is 4.69. The number of hydrogen-bond acceptors (Lipinski definition) is 3. The number of rotatable bonds is 6. The predicted molar refractivity (Wildman–Crippen MR) is 76.3 cm³/mol. The summed E-state index contributed by atoms with van der Waals surface area (Å²) in [5.74, 6) is 0.934. The number of hydrogen-bond donors (Lipinski definition) is 1. The van der Waals surface area contributed by atoms with E-state index in [0.717, 1.165) is 18.7 Å². The first-order valence-electron chi connectivity index (χ1n) is 6.54. The van der Waals surface area contributed by atoms with Gasteiger partial charge in [0.25, 0.3) is 0 Å². The Morgan fingerprint density at radius 3 is 2.84 bits per heavy atom. The molecule has 102 valence electrons. The fraction of sp³-hybridized carbons (Fsp3) is 0.400. The van der Waals surface area contributed by atoms with E-state index in [2.05, 4.69) is 29.6 Å². The van der Waals surface area contributed by atoms with Crippen LogP contribution in [-0.2, 0) is 13.5 Å². The molecule has 1 N–H and O–H groups in total. The van der Waals surface area contributed by atoms with Gasteiger partial charge in [0.15, 0.2) is 0 Å². The standard InChI is InChI=1S/C15H21N3O/c1-12(14-6-4-5-7-15(14)19-3)16-9-8-13-10-17-18(2)11-13/h4-7,10-12,16H,8-9H2,1-3H3. The summed E-state index contributed by atoms with van der Waals surface area (Å²) in [6, 6.07) is 8.39. The van der Waals surface area contributed by atoms with Crippen molar-refractivity contribution in [2.24, 2.45) is 7.05 Å². The Bertz CT molecular complexity index is 522. The molecular formula is C15H21N3O. The van der Waals surface area contributed by atoms with Crippen molar-refractivity contribution in [2.75, 3.05) is 13.7 Å². The molecular weight excluding hydrogens is 238 g/mol. The number of ether oxygens (including phenoxy) is 1. The van der Waals surface area contributed by atoms with Crippen molar-refractivity contribution >= 4 is 0 Å². The molecule has 0 saturated heterocycles. The molecule has 0 aliphatic carbocycles. The lowest BCUT2D eigenvalue weighted by molar-refractivity contribution is 0.402. The first-order chi connectivity index (χ1) is 9.20. The number of para-hydroxylation sites is 1. The zero-order valence-corrected chi connectivity index (χ0v) is 11.8. The highest BCUT2D eigenvalue weighted by molar-refractivity contribution is 5.35. The van der Waals surface area contributed by atoms with E-state index in [1.165, 1.54) is 11.1 Å². The van der Waals surface area contributed by atoms with Gasteiger partial charge in [0.2, 0.25) is 0 Å². The first kappa shape index (κ1) is 13.6. The molecule has 0 amide bonds. The molecule has 2 rings (SSSR count). The predicted octanol–water partition coefficient (Wildman–Crippen LogP) is 2.32. The van der Waals surface area contributed by atoms with Crippen LogP contribution in [0.4, 0.5) is 0 Å². The summed E-state index contributed by atoms with van der Waals surface area (Å²) >= 11 is 0. The van der Waals surface area contributed by atoms with Crippen LogP contribution in [0.25, 0.3) is 0 Å². The van der Waals surface area contributed by atoms with Crippen LogP contribution in [0.1, 0.15) is 24.1 Å². The zero-order valence-electron chi connectivity index (χ0n) is 11.8. The van der Waals surface area contributed by atoms with Gasteiger partial charge in [-0.15, -0.1) is 0 Å². The fourth-order valence-corrected chi connectivity index (χ4v) is 2.17. The molecule has 0 spiro atoms. The maximum atomic E-state index is 5.38. The number of benzene rings is 1. The third kappa shape index (κ3) is 3.58. The van der Waals surface area contributed by atoms with Crippen LogP contribution >= 0.6 is 0 Å². The summed E-state index contributed by atoms with van der Waals surface area (Å²) in [4.78, 5) is 0. The molecule has 0 fully saturated rings. The second-order valence-electron chi connectivity index (χ2n) is 4.69. The van der Waals surface area contributed by atoms with Gasteiger partial charge >= 0.3 is 0 Å². The molecule has 1 aromatic carbocycles. The Balaban J connectivity index is 1.88. The van der Waals surface area contributed by atoms with Gasteiger partial charge in [-0.1, -0.05) is 18.2 Å². The van der Waals surface area contributed by atoms with E-state index < -0.39 is 0 Å². The third-order valence-electron chi connectivity index (χ3n) is 3.23. The Labute approximate surface area is 114 Å². The molecule has 2 aromatic rings. The van der Waals surface area contributed by atoms with Crippen molar-refractivity contribution in [1.29, 1.82) is 0 Å². The normalized spacial score (nSPS) is 12.4. The van der Waals surface area contributed by atoms with Crippen LogP contribution in [0.5, 0.6) is 5.75 Å². The van der Waals surface area contributed by atoms with Crippen LogP contribution in [-0.4, -0.2) is 23.4 Å². The van der Waals surface area contributed by atoms with Gasteiger partial charge in [-0.25, -0.2) is 0 Å². The van der Waals surface area contributed by atoms with E-state index in [1.807, 2.05) is 36.1 Å². The maximum absolute atomic E-state index is 5.38. The molecule has 1 aromatic heterocycles. The van der Waals surface area contributed by atoms with E-state index in [-0.39, 0.29) is 6.04 Å². The number of aryl methyl sites for hydroxylation is 1. The summed E-state index contributed by atoms with van der Waals surface area (Å²) in [6.45, 7) is 3.08. The number of nitrogens with one attached hydrogen (secondary N) is 1. The first-order valence-corrected chi connectivity index (χ1v) is 6.54. The van der Waals surface area contributed by atoms with Crippen molar-refractivity contribution < 1.29 is 4.74 Å². The molecule has 0 aliphatic heterocycles. The van der Waals surface area contributed by atoms with Crippen LogP contribution in [0.3, 0.4) is 0 Å². The van der Waals surface area contributed by atoms with Crippen molar-refractivity contribution in [1.82, 2.24) is 15.1 Å². The molecule has 1 heterocycles. The highest BCUT2D eigenvalue weighted by atomic mass is 16.5. The van der Waals surface area contributed by atoms with Gasteiger partial charge in [0.1, 0.15) is 5.75 Å². The van der Waals surface area contributed by atoms with Crippen molar-refractivity contribution in [3.8, 4) is 5.75 Å². The summed E-state index contributed by atoms with van der Waals surface area (Å²) in [5.41, 5.74) is 2.44. The Morgan fingerprint density at radius 2 is 2.16 bits per heavy atom. The molecule has 4 heteroatoms. The largest absolute Gasteiger partial charge is 0.496 e. The quantitative estimate of drug-likeness (QED) is 0.865. The smallest absolute Gasteiger partial charge is 0.123 e. The summed E-state index contributed by atoms with van der Waals surface area (Å²) in [7, 11) is 3.65. The van der Waals surface area contributed by atoms with Crippen molar-refractivity contribution in [3.63, 3.8) is 0 Å². The number of aromatic nitrogens is 2. The maximum Gasteiger partial charge on any atom is 0.123 e. The number of nitrogens with zero attached hydrogens (tertiary/aromatic N) is 2. The summed E-state index contributed by atoms with van der Waals surface area (Å²) < 4.78 is 7.21. The number of methoxy groups -OCH3 is 1. The van der Waals surface area contributed by atoms with E-state index >= 15 is 0 Å². The Morgan fingerprint density at radius 1 is 1.37 bits per heavy atom. The van der Waals surface area contributed by atoms with Gasteiger partial charge in [0.05, 0.1) is 13.3 Å². The lowest BCUT2D eigenvalue weighted by Crippen LogP contribution is -2.21. The molecule has 0 saturated carbocycles. The highest BCUT2D eigenvalue weighted by Crippen LogP contribution is 2.24. The summed E-state index contributed by atoms with van der Waals surface area (Å²) in [5, 5.41) is 7.68. The van der Waals surface area contributed by atoms with Crippen LogP contribution in [0.15, 0.2) is 36.7 Å². The van der Waals surface area contributed by atoms with Gasteiger partial charge in [-0.05, 0) is 31.5 Å². The van der Waals surface area contributed by atoms with Crippen LogP contribution in [0, 0.1) is 0 Å². The van der Waals surface area contributed by atoms with Gasteiger partial charge < -0.3 is 10.1 Å². The molecule has 0 radical (unpaired) electrons. The van der Waals surface area contributed by atoms with Crippen molar-refractivity contribution in [3.05, 3.63) is 47.8 Å². The average molecular weight is 259 g/mol. The molecule has 4 nitrogen and oxygen atoms in total. The van der Waals surface area contributed by atoms with E-state index in [1.54, 1.807) is 7.11 Å². The molecule has 1 unspecified atom stereocenters.